The number of nitrogens with zero attached hydrogens (tertiary/aromatic N) is 4. The fraction of sp³-hybridized carbons (Fsp3) is 0.500. The van der Waals surface area contributed by atoms with Gasteiger partial charge in [-0.05, 0) is 31.0 Å². The number of hydrogen-bond donors (Lipinski definition) is 3. The van der Waals surface area contributed by atoms with E-state index in [1.165, 1.54) is 44.0 Å². The highest BCUT2D eigenvalue weighted by molar-refractivity contribution is 6.28. The molecule has 16 heteroatoms. The Morgan fingerprint density at radius 1 is 1.21 bits per heavy atom. The Balaban J connectivity index is 1.45. The Bertz CT molecular complexity index is 1470. The van der Waals surface area contributed by atoms with Crippen LogP contribution in [0.4, 0.5) is 10.2 Å². The molecule has 0 bridgehead atoms. The second-order valence-electron chi connectivity index (χ2n) is 9.75. The van der Waals surface area contributed by atoms with Gasteiger partial charge in [0, 0.05) is 19.1 Å². The number of carbonyl (C=O) groups is 2. The Labute approximate surface area is 243 Å². The maximum atomic E-state index is 15.9. The number of nitrogen functional groups attached to an aromatic ring is 1. The Morgan fingerprint density at radius 2 is 1.86 bits per heavy atom. The number of alkyl halides is 1. The van der Waals surface area contributed by atoms with E-state index in [2.05, 4.69) is 15.0 Å². The van der Waals surface area contributed by atoms with Crippen molar-refractivity contribution < 1.29 is 47.9 Å². The fourth-order valence-electron chi connectivity index (χ4n) is 5.03. The average molecular weight is 610 g/mol. The molecule has 4 N–H and O–H groups in total. The molecule has 1 aromatic carbocycles. The van der Waals surface area contributed by atoms with Gasteiger partial charge in [-0.1, -0.05) is 24.3 Å². The molecule has 1 saturated carbocycles. The summed E-state index contributed by atoms with van der Waals surface area (Å²) in [4.78, 5) is 38.7. The topological polar surface area (TPSA) is 190 Å². The second kappa shape index (κ2) is 11.3. The van der Waals surface area contributed by atoms with Crippen molar-refractivity contribution >= 4 is 40.5 Å². The van der Waals surface area contributed by atoms with Crippen LogP contribution >= 0.6 is 11.6 Å². The molecule has 5 rings (SSSR count). The first-order valence-corrected chi connectivity index (χ1v) is 13.4. The molecule has 0 radical (unpaired) electrons. The SMILES string of the molecule is CCOC(=O)C(Cc1ccc(C(O)OC)cc1)(OC1[C@H]2O[C@@H](n3cnc4c(N)nc(Cl)nc43)[C@@H](F)[C@@]12O)C(=O)OCC. The zero-order valence-corrected chi connectivity index (χ0v) is 23.5. The number of aliphatic hydroxyl groups is 2. The number of hydrogen-bond acceptors (Lipinski definition) is 13. The molecule has 1 saturated heterocycles. The average Bonchev–Trinajstić information content (AvgIpc) is 3.20. The van der Waals surface area contributed by atoms with E-state index >= 15 is 4.39 Å². The lowest BCUT2D eigenvalue weighted by Crippen LogP contribution is -2.55. The third kappa shape index (κ3) is 4.85. The minimum absolute atomic E-state index is 0.0272. The highest BCUT2D eigenvalue weighted by Crippen LogP contribution is 2.58. The molecule has 2 fully saturated rings. The number of rotatable bonds is 11. The van der Waals surface area contributed by atoms with Crippen molar-refractivity contribution in [3.63, 3.8) is 0 Å². The van der Waals surface area contributed by atoms with Gasteiger partial charge in [0.05, 0.1) is 19.5 Å². The van der Waals surface area contributed by atoms with Gasteiger partial charge in [-0.15, -0.1) is 0 Å². The van der Waals surface area contributed by atoms with E-state index < -0.39 is 60.5 Å². The quantitative estimate of drug-likeness (QED) is 0.122. The van der Waals surface area contributed by atoms with Crippen molar-refractivity contribution in [3.8, 4) is 0 Å². The van der Waals surface area contributed by atoms with Crippen LogP contribution in [0, 0.1) is 0 Å². The standard InChI is InChI=1S/C26H29ClFN5O9/c1-4-39-22(35)25(23(36)40-5-2,10-12-6-8-13(9-7-12)21(34)38-3)42-17-16-26(17,37)15(28)20(41-16)33-11-30-14-18(29)31-24(27)32-19(14)33/h6-9,11,15-17,20-21,34,37H,4-5,10H2,1-3H3,(H2,29,31,32)/t15-,16-,17?,20-,21?,26+/m1/s1. The van der Waals surface area contributed by atoms with Gasteiger partial charge < -0.3 is 39.6 Å². The van der Waals surface area contributed by atoms with E-state index in [9.17, 15) is 19.8 Å². The lowest BCUT2D eigenvalue weighted by atomic mass is 9.93. The van der Waals surface area contributed by atoms with Crippen LogP contribution in [0.5, 0.6) is 0 Å². The summed E-state index contributed by atoms with van der Waals surface area (Å²) in [6, 6.07) is 6.16. The highest BCUT2D eigenvalue weighted by Gasteiger charge is 2.80. The number of anilines is 1. The number of aromatic nitrogens is 4. The summed E-state index contributed by atoms with van der Waals surface area (Å²) >= 11 is 5.91. The molecule has 0 spiro atoms. The van der Waals surface area contributed by atoms with Crippen LogP contribution in [0.15, 0.2) is 30.6 Å². The number of benzene rings is 1. The molecule has 3 heterocycles. The van der Waals surface area contributed by atoms with E-state index in [0.29, 0.717) is 11.1 Å². The van der Waals surface area contributed by atoms with Gasteiger partial charge in [0.25, 0.3) is 5.60 Å². The third-order valence-electron chi connectivity index (χ3n) is 7.23. The lowest BCUT2D eigenvalue weighted by Gasteiger charge is -2.31. The summed E-state index contributed by atoms with van der Waals surface area (Å²) in [6.45, 7) is 2.87. The zero-order valence-electron chi connectivity index (χ0n) is 22.8. The molecular formula is C26H29ClFN5O9. The van der Waals surface area contributed by atoms with Crippen LogP contribution in [0.25, 0.3) is 11.2 Å². The van der Waals surface area contributed by atoms with Gasteiger partial charge in [-0.3, -0.25) is 4.57 Å². The molecule has 1 aliphatic heterocycles. The first-order valence-electron chi connectivity index (χ1n) is 13.0. The largest absolute Gasteiger partial charge is 0.463 e. The Hall–Kier alpha value is -3.47. The van der Waals surface area contributed by atoms with Crippen LogP contribution in [0.3, 0.4) is 0 Å². The number of esters is 2. The first-order chi connectivity index (χ1) is 20.0. The number of imidazole rings is 1. The van der Waals surface area contributed by atoms with E-state index in [1.54, 1.807) is 12.1 Å². The second-order valence-corrected chi connectivity index (χ2v) is 10.1. The highest BCUT2D eigenvalue weighted by atomic mass is 35.5. The molecule has 0 amide bonds. The monoisotopic (exact) mass is 609 g/mol. The van der Waals surface area contributed by atoms with Crippen LogP contribution in [-0.4, -0.2) is 91.6 Å². The summed E-state index contributed by atoms with van der Waals surface area (Å²) in [5, 5.41) is 21.1. The third-order valence-corrected chi connectivity index (χ3v) is 7.40. The lowest BCUT2D eigenvalue weighted by molar-refractivity contribution is -0.201. The van der Waals surface area contributed by atoms with E-state index in [4.69, 9.17) is 41.0 Å². The van der Waals surface area contributed by atoms with Crippen molar-refractivity contribution in [2.75, 3.05) is 26.1 Å². The molecule has 2 aromatic heterocycles. The van der Waals surface area contributed by atoms with E-state index in [-0.39, 0.29) is 35.5 Å². The molecular weight excluding hydrogens is 581 g/mol. The summed E-state index contributed by atoms with van der Waals surface area (Å²) in [7, 11) is 1.33. The molecule has 1 aliphatic carbocycles. The zero-order chi connectivity index (χ0) is 30.4. The number of aliphatic hydroxyl groups excluding tert-OH is 1. The van der Waals surface area contributed by atoms with E-state index in [1.807, 2.05) is 0 Å². The fourth-order valence-corrected chi connectivity index (χ4v) is 5.21. The Morgan fingerprint density at radius 3 is 2.40 bits per heavy atom. The molecule has 6 atom stereocenters. The number of ether oxygens (including phenoxy) is 5. The van der Waals surface area contributed by atoms with Crippen molar-refractivity contribution in [1.29, 1.82) is 0 Å². The van der Waals surface area contributed by atoms with Crippen molar-refractivity contribution in [3.05, 3.63) is 47.0 Å². The van der Waals surface area contributed by atoms with Gasteiger partial charge >= 0.3 is 11.9 Å². The van der Waals surface area contributed by atoms with Crippen molar-refractivity contribution in [2.45, 2.75) is 62.4 Å². The minimum Gasteiger partial charge on any atom is -0.463 e. The number of carbonyl (C=O) groups excluding carboxylic acids is 2. The first kappa shape index (κ1) is 30.0. The summed E-state index contributed by atoms with van der Waals surface area (Å²) in [6.07, 6.45) is -6.62. The predicted molar refractivity (Wildman–Crippen MR) is 141 cm³/mol. The van der Waals surface area contributed by atoms with Crippen LogP contribution in [0.2, 0.25) is 5.28 Å². The maximum Gasteiger partial charge on any atom is 0.350 e. The molecule has 3 aromatic rings. The minimum atomic E-state index is -2.42. The van der Waals surface area contributed by atoms with Crippen molar-refractivity contribution in [1.82, 2.24) is 19.5 Å². The number of nitrogens with two attached hydrogens (primary N) is 1. The van der Waals surface area contributed by atoms with E-state index in [0.717, 1.165) is 0 Å². The van der Waals surface area contributed by atoms with Crippen molar-refractivity contribution in [2.24, 2.45) is 0 Å². The van der Waals surface area contributed by atoms with Gasteiger partial charge in [-0.25, -0.2) is 19.0 Å². The van der Waals surface area contributed by atoms with Gasteiger partial charge in [0.1, 0.15) is 17.7 Å². The maximum absolute atomic E-state index is 15.9. The Kier molecular flexibility index (Phi) is 8.08. The molecule has 2 unspecified atom stereocenters. The molecule has 14 nitrogen and oxygen atoms in total. The van der Waals surface area contributed by atoms with Crippen LogP contribution < -0.4 is 5.73 Å². The molecule has 42 heavy (non-hydrogen) atoms. The summed E-state index contributed by atoms with van der Waals surface area (Å²) in [5.74, 6) is -2.21. The number of fused-ring (bicyclic) bond motifs is 2. The summed E-state index contributed by atoms with van der Waals surface area (Å²) < 4.78 is 44.2. The smallest absolute Gasteiger partial charge is 0.350 e. The van der Waals surface area contributed by atoms with Gasteiger partial charge in [0.15, 0.2) is 35.8 Å². The normalized spacial score (nSPS) is 25.7. The van der Waals surface area contributed by atoms with Gasteiger partial charge in [0.2, 0.25) is 5.28 Å². The van der Waals surface area contributed by atoms with Crippen LogP contribution in [0.1, 0.15) is 37.5 Å². The predicted octanol–water partition coefficient (Wildman–Crippen LogP) is 1.17. The van der Waals surface area contributed by atoms with Gasteiger partial charge in [-0.2, -0.15) is 9.97 Å². The number of halogens is 2. The van der Waals surface area contributed by atoms with Crippen LogP contribution in [-0.2, 0) is 39.7 Å². The molecule has 226 valence electrons. The number of methoxy groups -OCH3 is 1. The summed E-state index contributed by atoms with van der Waals surface area (Å²) in [5.41, 5.74) is 2.23. The molecule has 2 aliphatic rings.